The Kier molecular flexibility index (Phi) is 3.64. The molecule has 6 nitrogen and oxygen atoms in total. The second kappa shape index (κ2) is 5.75. The van der Waals surface area contributed by atoms with Gasteiger partial charge in [0.1, 0.15) is 0 Å². The first-order valence-electron chi connectivity index (χ1n) is 6.56. The van der Waals surface area contributed by atoms with Crippen molar-refractivity contribution in [2.75, 3.05) is 36.5 Å². The van der Waals surface area contributed by atoms with E-state index in [0.29, 0.717) is 5.82 Å². The zero-order valence-electron chi connectivity index (χ0n) is 11.0. The molecule has 20 heavy (non-hydrogen) atoms. The first kappa shape index (κ1) is 12.7. The van der Waals surface area contributed by atoms with Gasteiger partial charge in [0.15, 0.2) is 5.82 Å². The van der Waals surface area contributed by atoms with Gasteiger partial charge in [0.05, 0.1) is 13.2 Å². The molecule has 104 valence electrons. The number of H-pyrrole nitrogens is 1. The molecule has 1 saturated heterocycles. The maximum atomic E-state index is 11.8. The lowest BCUT2D eigenvalue weighted by Gasteiger charge is -2.28. The molecule has 1 aliphatic rings. The van der Waals surface area contributed by atoms with Crippen LogP contribution in [0.1, 0.15) is 10.6 Å². The number of imidazole rings is 1. The molecule has 1 aromatic heterocycles. The van der Waals surface area contributed by atoms with Crippen molar-refractivity contribution >= 4 is 17.3 Å². The van der Waals surface area contributed by atoms with Crippen molar-refractivity contribution < 1.29 is 9.53 Å². The number of benzene rings is 1. The van der Waals surface area contributed by atoms with Crippen LogP contribution in [-0.2, 0) is 4.74 Å². The number of carbonyl (C=O) groups is 1. The summed E-state index contributed by atoms with van der Waals surface area (Å²) >= 11 is 0. The smallest absolute Gasteiger partial charge is 0.291 e. The maximum absolute atomic E-state index is 11.8. The molecular weight excluding hydrogens is 256 g/mol. The molecule has 2 aromatic rings. The van der Waals surface area contributed by atoms with E-state index < -0.39 is 0 Å². The summed E-state index contributed by atoms with van der Waals surface area (Å²) in [6.45, 7) is 3.32. The molecule has 6 heteroatoms. The topological polar surface area (TPSA) is 70.2 Å². The molecule has 0 saturated carbocycles. The Morgan fingerprint density at radius 3 is 2.65 bits per heavy atom. The predicted octanol–water partition coefficient (Wildman–Crippen LogP) is 1.50. The average molecular weight is 272 g/mol. The molecular formula is C14H16N4O2. The van der Waals surface area contributed by atoms with Crippen molar-refractivity contribution in [1.29, 1.82) is 0 Å². The van der Waals surface area contributed by atoms with E-state index in [1.54, 1.807) is 12.4 Å². The van der Waals surface area contributed by atoms with E-state index in [2.05, 4.69) is 20.2 Å². The minimum atomic E-state index is -0.242. The summed E-state index contributed by atoms with van der Waals surface area (Å²) in [5.41, 5.74) is 1.90. The van der Waals surface area contributed by atoms with Crippen molar-refractivity contribution in [3.05, 3.63) is 42.5 Å². The molecule has 0 aliphatic carbocycles. The number of amides is 1. The van der Waals surface area contributed by atoms with E-state index in [1.807, 2.05) is 24.3 Å². The Labute approximate surface area is 116 Å². The largest absolute Gasteiger partial charge is 0.378 e. The Morgan fingerprint density at radius 2 is 2.00 bits per heavy atom. The normalized spacial score (nSPS) is 15.1. The van der Waals surface area contributed by atoms with Crippen LogP contribution in [0.4, 0.5) is 11.4 Å². The Hall–Kier alpha value is -2.34. The fourth-order valence-corrected chi connectivity index (χ4v) is 2.16. The van der Waals surface area contributed by atoms with Gasteiger partial charge in [-0.15, -0.1) is 0 Å². The molecule has 2 N–H and O–H groups in total. The van der Waals surface area contributed by atoms with Crippen molar-refractivity contribution in [1.82, 2.24) is 9.97 Å². The van der Waals surface area contributed by atoms with E-state index in [0.717, 1.165) is 37.7 Å². The minimum Gasteiger partial charge on any atom is -0.378 e. The minimum absolute atomic E-state index is 0.242. The molecule has 0 spiro atoms. The van der Waals surface area contributed by atoms with E-state index in [4.69, 9.17) is 4.74 Å². The van der Waals surface area contributed by atoms with Gasteiger partial charge in [-0.3, -0.25) is 4.79 Å². The second-order valence-electron chi connectivity index (χ2n) is 4.54. The molecule has 3 rings (SSSR count). The van der Waals surface area contributed by atoms with E-state index in [9.17, 15) is 4.79 Å². The number of nitrogens with one attached hydrogen (secondary N) is 2. The van der Waals surface area contributed by atoms with Crippen molar-refractivity contribution in [2.24, 2.45) is 0 Å². The lowest BCUT2D eigenvalue weighted by molar-refractivity contribution is 0.101. The molecule has 0 radical (unpaired) electrons. The number of carbonyl (C=O) groups excluding carboxylic acids is 1. The number of rotatable bonds is 3. The first-order valence-corrected chi connectivity index (χ1v) is 6.56. The number of morpholine rings is 1. The van der Waals surface area contributed by atoms with E-state index in [1.165, 1.54) is 0 Å². The number of nitrogens with zero attached hydrogens (tertiary/aromatic N) is 2. The van der Waals surface area contributed by atoms with Crippen LogP contribution in [0.25, 0.3) is 0 Å². The monoisotopic (exact) mass is 272 g/mol. The third kappa shape index (κ3) is 2.80. The van der Waals surface area contributed by atoms with Crippen LogP contribution in [0, 0.1) is 0 Å². The highest BCUT2D eigenvalue weighted by molar-refractivity contribution is 6.01. The van der Waals surface area contributed by atoms with Gasteiger partial charge in [-0.1, -0.05) is 0 Å². The summed E-state index contributed by atoms with van der Waals surface area (Å²) < 4.78 is 5.33. The van der Waals surface area contributed by atoms with Crippen LogP contribution in [0.5, 0.6) is 0 Å². The maximum Gasteiger partial charge on any atom is 0.291 e. The molecule has 1 fully saturated rings. The average Bonchev–Trinajstić information content (AvgIpc) is 3.03. The predicted molar refractivity (Wildman–Crippen MR) is 76.0 cm³/mol. The number of anilines is 2. The second-order valence-corrected chi connectivity index (χ2v) is 4.54. The zero-order chi connectivity index (χ0) is 13.8. The Morgan fingerprint density at radius 1 is 1.25 bits per heavy atom. The number of ether oxygens (including phenoxy) is 1. The highest BCUT2D eigenvalue weighted by Gasteiger charge is 2.12. The van der Waals surface area contributed by atoms with Gasteiger partial charge < -0.3 is 19.9 Å². The summed E-state index contributed by atoms with van der Waals surface area (Å²) in [4.78, 5) is 20.8. The van der Waals surface area contributed by atoms with E-state index >= 15 is 0 Å². The fourth-order valence-electron chi connectivity index (χ4n) is 2.16. The molecule has 0 atom stereocenters. The van der Waals surface area contributed by atoms with Crippen molar-refractivity contribution in [3.8, 4) is 0 Å². The SMILES string of the molecule is O=C(Nc1ccc(N2CCOCC2)cc1)c1ncc[nH]1. The van der Waals surface area contributed by atoms with Gasteiger partial charge in [-0.2, -0.15) is 0 Å². The van der Waals surface area contributed by atoms with Crippen LogP contribution < -0.4 is 10.2 Å². The molecule has 2 heterocycles. The molecule has 0 unspecified atom stereocenters. The molecule has 1 amide bonds. The lowest BCUT2D eigenvalue weighted by atomic mass is 10.2. The summed E-state index contributed by atoms with van der Waals surface area (Å²) in [7, 11) is 0. The summed E-state index contributed by atoms with van der Waals surface area (Å²) in [5.74, 6) is 0.0661. The van der Waals surface area contributed by atoms with Crippen molar-refractivity contribution in [2.45, 2.75) is 0 Å². The lowest BCUT2D eigenvalue weighted by Crippen LogP contribution is -2.36. The van der Waals surface area contributed by atoms with Crippen LogP contribution in [0.2, 0.25) is 0 Å². The van der Waals surface area contributed by atoms with Crippen LogP contribution in [0.15, 0.2) is 36.7 Å². The third-order valence-corrected chi connectivity index (χ3v) is 3.21. The quantitative estimate of drug-likeness (QED) is 0.888. The van der Waals surface area contributed by atoms with Gasteiger partial charge in [0.2, 0.25) is 0 Å². The third-order valence-electron chi connectivity index (χ3n) is 3.21. The first-order chi connectivity index (χ1) is 9.83. The van der Waals surface area contributed by atoms with Crippen LogP contribution in [0.3, 0.4) is 0 Å². The standard InChI is InChI=1S/C14H16N4O2/c19-14(13-15-5-6-16-13)17-11-1-3-12(4-2-11)18-7-9-20-10-8-18/h1-6H,7-10H2,(H,15,16)(H,17,19). The molecule has 0 bridgehead atoms. The summed E-state index contributed by atoms with van der Waals surface area (Å²) in [6.07, 6.45) is 3.17. The number of hydrogen-bond acceptors (Lipinski definition) is 4. The highest BCUT2D eigenvalue weighted by atomic mass is 16.5. The van der Waals surface area contributed by atoms with Crippen molar-refractivity contribution in [3.63, 3.8) is 0 Å². The van der Waals surface area contributed by atoms with Gasteiger partial charge in [-0.05, 0) is 24.3 Å². The Balaban J connectivity index is 1.65. The molecule has 1 aliphatic heterocycles. The van der Waals surface area contributed by atoms with Gasteiger partial charge in [0, 0.05) is 36.9 Å². The van der Waals surface area contributed by atoms with Gasteiger partial charge in [-0.25, -0.2) is 4.98 Å². The number of hydrogen-bond donors (Lipinski definition) is 2. The zero-order valence-corrected chi connectivity index (χ0v) is 11.0. The molecule has 1 aromatic carbocycles. The van der Waals surface area contributed by atoms with E-state index in [-0.39, 0.29) is 5.91 Å². The van der Waals surface area contributed by atoms with Crippen LogP contribution >= 0.6 is 0 Å². The Bertz CT molecular complexity index is 559. The fraction of sp³-hybridized carbons (Fsp3) is 0.286. The summed E-state index contributed by atoms with van der Waals surface area (Å²) in [6, 6.07) is 7.80. The number of aromatic nitrogens is 2. The summed E-state index contributed by atoms with van der Waals surface area (Å²) in [5, 5.41) is 2.80. The number of aromatic amines is 1. The van der Waals surface area contributed by atoms with Crippen LogP contribution in [-0.4, -0.2) is 42.2 Å². The highest BCUT2D eigenvalue weighted by Crippen LogP contribution is 2.19. The van der Waals surface area contributed by atoms with Gasteiger partial charge in [0.25, 0.3) is 5.91 Å². The van der Waals surface area contributed by atoms with Gasteiger partial charge >= 0.3 is 0 Å².